The summed E-state index contributed by atoms with van der Waals surface area (Å²) in [5.74, 6) is 1.21. The fraction of sp³-hybridized carbons (Fsp3) is 0.500. The smallest absolute Gasteiger partial charge is 0.152 e. The number of methoxy groups -OCH3 is 1. The van der Waals surface area contributed by atoms with E-state index >= 15 is 0 Å². The number of aliphatic hydroxyl groups excluding tert-OH is 1. The summed E-state index contributed by atoms with van der Waals surface area (Å²) < 4.78 is 11.3. The molecule has 2 atom stereocenters. The third-order valence-corrected chi connectivity index (χ3v) is 8.02. The molecular weight excluding hydrogens is 542 g/mol. The molecule has 2 aromatic rings. The summed E-state index contributed by atoms with van der Waals surface area (Å²) in [6, 6.07) is 3.43. The van der Waals surface area contributed by atoms with Crippen LogP contribution in [0.15, 0.2) is 18.3 Å². The maximum Gasteiger partial charge on any atom is 0.152 e. The van der Waals surface area contributed by atoms with Crippen LogP contribution in [0.5, 0.6) is 5.75 Å². The van der Waals surface area contributed by atoms with Crippen molar-refractivity contribution in [3.63, 3.8) is 0 Å². The van der Waals surface area contributed by atoms with E-state index < -0.39 is 0 Å². The van der Waals surface area contributed by atoms with Gasteiger partial charge in [0.15, 0.2) is 5.82 Å². The van der Waals surface area contributed by atoms with Crippen molar-refractivity contribution in [2.75, 3.05) is 31.7 Å². The lowest BCUT2D eigenvalue weighted by molar-refractivity contribution is 0.127. The lowest BCUT2D eigenvalue weighted by Gasteiger charge is -2.41. The van der Waals surface area contributed by atoms with Crippen LogP contribution in [0.25, 0.3) is 11.3 Å². The number of piperidine rings is 1. The number of nitrogens with zero attached hydrogens (tertiary/aromatic N) is 3. The van der Waals surface area contributed by atoms with E-state index in [0.29, 0.717) is 45.2 Å². The summed E-state index contributed by atoms with van der Waals surface area (Å²) in [5.41, 5.74) is 7.96. The van der Waals surface area contributed by atoms with Crippen molar-refractivity contribution in [2.24, 2.45) is 11.1 Å². The summed E-state index contributed by atoms with van der Waals surface area (Å²) in [6.45, 7) is 2.02. The van der Waals surface area contributed by atoms with Gasteiger partial charge >= 0.3 is 0 Å². The molecule has 1 spiro atoms. The van der Waals surface area contributed by atoms with Crippen LogP contribution < -0.4 is 15.4 Å². The molecule has 0 amide bonds. The van der Waals surface area contributed by atoms with E-state index in [1.165, 1.54) is 0 Å². The van der Waals surface area contributed by atoms with E-state index in [-0.39, 0.29) is 22.2 Å². The molecule has 2 saturated heterocycles. The highest BCUT2D eigenvalue weighted by Crippen LogP contribution is 2.44. The first kappa shape index (κ1) is 22.3. The maximum atomic E-state index is 9.99. The molecular formula is C20H23Cl2IN4O3. The highest BCUT2D eigenvalue weighted by atomic mass is 127. The average molecular weight is 565 g/mol. The molecule has 10 heteroatoms. The predicted octanol–water partition coefficient (Wildman–Crippen LogP) is 3.66. The molecule has 7 nitrogen and oxygen atoms in total. The molecule has 1 aromatic heterocycles. The Balaban J connectivity index is 1.61. The standard InChI is InChI=1S/C20H23Cl2IN4O3/c1-29-14-3-2-11(21)16(22)15(14)12-8-25-19(13(9-28)26-12)27-6-4-20(5-7-27)10-30-18(23)17(20)24/h2-3,8,17-18,28H,4-7,9-10,24H2,1H3/t17-,18-/m1/s1. The van der Waals surface area contributed by atoms with Gasteiger partial charge in [0.25, 0.3) is 0 Å². The number of anilines is 1. The van der Waals surface area contributed by atoms with E-state index in [1.807, 2.05) is 0 Å². The van der Waals surface area contributed by atoms with Crippen molar-refractivity contribution >= 4 is 51.6 Å². The van der Waals surface area contributed by atoms with Crippen LogP contribution >= 0.6 is 45.8 Å². The third-order valence-electron chi connectivity index (χ3n) is 6.08. The Bertz CT molecular complexity index is 941. The van der Waals surface area contributed by atoms with Gasteiger partial charge in [0.2, 0.25) is 0 Å². The molecule has 162 valence electrons. The summed E-state index contributed by atoms with van der Waals surface area (Å²) >= 11 is 14.9. The van der Waals surface area contributed by atoms with Gasteiger partial charge in [0.05, 0.1) is 47.8 Å². The normalized spacial score (nSPS) is 23.2. The lowest BCUT2D eigenvalue weighted by atomic mass is 9.75. The van der Waals surface area contributed by atoms with Gasteiger partial charge < -0.3 is 25.2 Å². The molecule has 0 radical (unpaired) electrons. The molecule has 4 rings (SSSR count). The average Bonchev–Trinajstić information content (AvgIpc) is 3.04. The first-order chi connectivity index (χ1) is 14.4. The number of halogens is 3. The molecule has 1 aromatic carbocycles. The van der Waals surface area contributed by atoms with Crippen molar-refractivity contribution in [2.45, 2.75) is 29.6 Å². The first-order valence-corrected chi connectivity index (χ1v) is 11.7. The number of aliphatic hydroxyl groups is 1. The SMILES string of the molecule is COc1ccc(Cl)c(Cl)c1-c1cnc(N2CCC3(CC2)CO[C@@H](I)[C@H]3N)c(CO)n1. The fourth-order valence-corrected chi connectivity index (χ4v) is 5.57. The van der Waals surface area contributed by atoms with Crippen LogP contribution in [0.2, 0.25) is 10.0 Å². The minimum atomic E-state index is -0.239. The molecule has 2 aliphatic heterocycles. The molecule has 0 bridgehead atoms. The van der Waals surface area contributed by atoms with Gasteiger partial charge in [-0.15, -0.1) is 0 Å². The van der Waals surface area contributed by atoms with Crippen molar-refractivity contribution in [1.29, 1.82) is 0 Å². The van der Waals surface area contributed by atoms with Crippen LogP contribution in [-0.4, -0.2) is 52.0 Å². The monoisotopic (exact) mass is 564 g/mol. The number of aromatic nitrogens is 2. The highest BCUT2D eigenvalue weighted by molar-refractivity contribution is 14.1. The number of hydrogen-bond acceptors (Lipinski definition) is 7. The Morgan fingerprint density at radius 1 is 1.37 bits per heavy atom. The minimum absolute atomic E-state index is 0.0107. The van der Waals surface area contributed by atoms with Gasteiger partial charge in [-0.25, -0.2) is 9.97 Å². The molecule has 0 saturated carbocycles. The largest absolute Gasteiger partial charge is 0.496 e. The van der Waals surface area contributed by atoms with Crippen molar-refractivity contribution in [3.8, 4) is 17.0 Å². The Hall–Kier alpha value is -0.910. The zero-order valence-corrected chi connectivity index (χ0v) is 20.1. The topological polar surface area (TPSA) is 93.7 Å². The van der Waals surface area contributed by atoms with Crippen LogP contribution in [0.1, 0.15) is 18.5 Å². The molecule has 0 unspecified atom stereocenters. The zero-order chi connectivity index (χ0) is 21.5. The van der Waals surface area contributed by atoms with Crippen molar-refractivity contribution in [1.82, 2.24) is 9.97 Å². The number of alkyl halides is 1. The molecule has 3 N–H and O–H groups in total. The quantitative estimate of drug-likeness (QED) is 0.432. The van der Waals surface area contributed by atoms with Gasteiger partial charge in [-0.2, -0.15) is 0 Å². The second-order valence-corrected chi connectivity index (χ2v) is 9.67. The maximum absolute atomic E-state index is 9.99. The number of hydrogen-bond donors (Lipinski definition) is 2. The van der Waals surface area contributed by atoms with Crippen LogP contribution in [0, 0.1) is 5.41 Å². The summed E-state index contributed by atoms with van der Waals surface area (Å²) in [4.78, 5) is 11.4. The van der Waals surface area contributed by atoms with Crippen LogP contribution in [-0.2, 0) is 11.3 Å². The van der Waals surface area contributed by atoms with Crippen molar-refractivity contribution < 1.29 is 14.6 Å². The van der Waals surface area contributed by atoms with Gasteiger partial charge in [-0.05, 0) is 47.6 Å². The minimum Gasteiger partial charge on any atom is -0.496 e. The second kappa shape index (κ2) is 8.91. The van der Waals surface area contributed by atoms with E-state index in [4.69, 9.17) is 38.4 Å². The molecule has 0 aliphatic carbocycles. The molecule has 30 heavy (non-hydrogen) atoms. The number of ether oxygens (including phenoxy) is 2. The zero-order valence-electron chi connectivity index (χ0n) is 16.4. The Morgan fingerprint density at radius 2 is 2.10 bits per heavy atom. The lowest BCUT2D eigenvalue weighted by Crippen LogP contribution is -2.50. The number of benzene rings is 1. The first-order valence-electron chi connectivity index (χ1n) is 9.65. The van der Waals surface area contributed by atoms with E-state index in [0.717, 1.165) is 25.9 Å². The fourth-order valence-electron chi connectivity index (χ4n) is 4.22. The van der Waals surface area contributed by atoms with E-state index in [2.05, 4.69) is 37.5 Å². The van der Waals surface area contributed by atoms with Gasteiger partial charge in [0.1, 0.15) is 15.6 Å². The Morgan fingerprint density at radius 3 is 2.70 bits per heavy atom. The molecule has 2 aliphatic rings. The summed E-state index contributed by atoms with van der Waals surface area (Å²) in [6.07, 6.45) is 3.47. The summed E-state index contributed by atoms with van der Waals surface area (Å²) in [7, 11) is 1.55. The van der Waals surface area contributed by atoms with E-state index in [1.54, 1.807) is 25.4 Å². The van der Waals surface area contributed by atoms with Gasteiger partial charge in [-0.3, -0.25) is 0 Å². The number of nitrogens with two attached hydrogens (primary N) is 1. The Kier molecular flexibility index (Phi) is 6.62. The van der Waals surface area contributed by atoms with Crippen molar-refractivity contribution in [3.05, 3.63) is 34.1 Å². The molecule has 2 fully saturated rings. The van der Waals surface area contributed by atoms with Crippen LogP contribution in [0.3, 0.4) is 0 Å². The summed E-state index contributed by atoms with van der Waals surface area (Å²) in [5, 5.41) is 10.7. The van der Waals surface area contributed by atoms with E-state index in [9.17, 15) is 5.11 Å². The third kappa shape index (κ3) is 3.86. The Labute approximate surface area is 199 Å². The molecule has 3 heterocycles. The van der Waals surface area contributed by atoms with Gasteiger partial charge in [-0.1, -0.05) is 23.2 Å². The second-order valence-electron chi connectivity index (χ2n) is 7.66. The predicted molar refractivity (Wildman–Crippen MR) is 126 cm³/mol. The van der Waals surface area contributed by atoms with Gasteiger partial charge in [0, 0.05) is 24.5 Å². The highest BCUT2D eigenvalue weighted by Gasteiger charge is 2.48. The number of rotatable bonds is 4. The van der Waals surface area contributed by atoms with Crippen LogP contribution in [0.4, 0.5) is 5.82 Å².